The van der Waals surface area contributed by atoms with Gasteiger partial charge in [-0.2, -0.15) is 0 Å². The van der Waals surface area contributed by atoms with Crippen molar-refractivity contribution in [2.24, 2.45) is 0 Å². The van der Waals surface area contributed by atoms with Crippen molar-refractivity contribution in [3.8, 4) is 22.8 Å². The van der Waals surface area contributed by atoms with Crippen LogP contribution in [-0.4, -0.2) is 39.3 Å². The lowest BCUT2D eigenvalue weighted by Crippen LogP contribution is -2.14. The van der Waals surface area contributed by atoms with Crippen molar-refractivity contribution in [3.05, 3.63) is 52.9 Å². The standard InChI is InChI=1S/C21H21ClN2O5S2/c1-28-18-10-5-14(12-19(18)29-2)17-13-30-21(23-17)24-20(25)4-3-11-31(26,27)16-8-6-15(22)7-9-16/h5-10,12-13H,3-4,11H2,1-2H3,(H,23,24,25). The van der Waals surface area contributed by atoms with Gasteiger partial charge in [0.2, 0.25) is 5.91 Å². The molecule has 0 bridgehead atoms. The Morgan fingerprint density at radius 1 is 1.10 bits per heavy atom. The molecule has 0 aliphatic rings. The highest BCUT2D eigenvalue weighted by Gasteiger charge is 2.16. The number of sulfone groups is 1. The highest BCUT2D eigenvalue weighted by atomic mass is 35.5. The van der Waals surface area contributed by atoms with Gasteiger partial charge in [-0.25, -0.2) is 13.4 Å². The Balaban J connectivity index is 1.56. The number of methoxy groups -OCH3 is 2. The molecule has 1 N–H and O–H groups in total. The van der Waals surface area contributed by atoms with Crippen LogP contribution < -0.4 is 14.8 Å². The summed E-state index contributed by atoms with van der Waals surface area (Å²) in [5, 5.41) is 5.45. The van der Waals surface area contributed by atoms with Crippen molar-refractivity contribution in [3.63, 3.8) is 0 Å². The first-order valence-corrected chi connectivity index (χ1v) is 12.2. The topological polar surface area (TPSA) is 94.6 Å². The molecule has 1 heterocycles. The Morgan fingerprint density at radius 3 is 2.48 bits per heavy atom. The van der Waals surface area contributed by atoms with Crippen molar-refractivity contribution in [1.29, 1.82) is 0 Å². The van der Waals surface area contributed by atoms with Crippen LogP contribution in [0.3, 0.4) is 0 Å². The average molecular weight is 481 g/mol. The quantitative estimate of drug-likeness (QED) is 0.478. The number of nitrogens with one attached hydrogen (secondary N) is 1. The van der Waals surface area contributed by atoms with Crippen molar-refractivity contribution in [1.82, 2.24) is 4.98 Å². The molecule has 0 aliphatic carbocycles. The summed E-state index contributed by atoms with van der Waals surface area (Å²) < 4.78 is 35.2. The lowest BCUT2D eigenvalue weighted by atomic mass is 10.1. The van der Waals surface area contributed by atoms with Crippen LogP contribution in [0, 0.1) is 0 Å². The summed E-state index contributed by atoms with van der Waals surface area (Å²) in [5.41, 5.74) is 1.51. The molecule has 0 unspecified atom stereocenters. The van der Waals surface area contributed by atoms with E-state index in [4.69, 9.17) is 21.1 Å². The molecule has 0 aliphatic heterocycles. The van der Waals surface area contributed by atoms with Gasteiger partial charge in [0, 0.05) is 22.4 Å². The summed E-state index contributed by atoms with van der Waals surface area (Å²) >= 11 is 7.08. The number of rotatable bonds is 9. The maximum absolute atomic E-state index is 12.3. The van der Waals surface area contributed by atoms with E-state index in [1.165, 1.54) is 35.6 Å². The van der Waals surface area contributed by atoms with E-state index >= 15 is 0 Å². The zero-order valence-electron chi connectivity index (χ0n) is 16.9. The van der Waals surface area contributed by atoms with Crippen LogP contribution in [0.25, 0.3) is 11.3 Å². The highest BCUT2D eigenvalue weighted by molar-refractivity contribution is 7.91. The Kier molecular flexibility index (Phi) is 7.53. The summed E-state index contributed by atoms with van der Waals surface area (Å²) in [7, 11) is -0.342. The van der Waals surface area contributed by atoms with E-state index in [9.17, 15) is 13.2 Å². The van der Waals surface area contributed by atoms with E-state index in [1.807, 2.05) is 11.4 Å². The second-order valence-electron chi connectivity index (χ2n) is 6.53. The molecule has 0 spiro atoms. The number of ether oxygens (including phenoxy) is 2. The van der Waals surface area contributed by atoms with Gasteiger partial charge in [0.15, 0.2) is 26.5 Å². The van der Waals surface area contributed by atoms with Gasteiger partial charge in [0.05, 0.1) is 30.6 Å². The molecule has 3 rings (SSSR count). The number of hydrogen-bond donors (Lipinski definition) is 1. The number of carbonyl (C=O) groups excluding carboxylic acids is 1. The third kappa shape index (κ3) is 5.96. The van der Waals surface area contributed by atoms with Gasteiger partial charge in [0.1, 0.15) is 0 Å². The normalized spacial score (nSPS) is 11.2. The minimum atomic E-state index is -3.46. The third-order valence-electron chi connectivity index (χ3n) is 4.42. The molecule has 0 radical (unpaired) electrons. The molecule has 31 heavy (non-hydrogen) atoms. The minimum absolute atomic E-state index is 0.0676. The molecule has 0 atom stereocenters. The first-order chi connectivity index (χ1) is 14.8. The number of carbonyl (C=O) groups is 1. The number of halogens is 1. The number of benzene rings is 2. The smallest absolute Gasteiger partial charge is 0.226 e. The van der Waals surface area contributed by atoms with Crippen LogP contribution in [0.4, 0.5) is 5.13 Å². The van der Waals surface area contributed by atoms with Crippen LogP contribution >= 0.6 is 22.9 Å². The van der Waals surface area contributed by atoms with Gasteiger partial charge in [0.25, 0.3) is 0 Å². The number of nitrogens with zero attached hydrogens (tertiary/aromatic N) is 1. The Hall–Kier alpha value is -2.62. The molecule has 7 nitrogen and oxygen atoms in total. The predicted molar refractivity (Wildman–Crippen MR) is 122 cm³/mol. The van der Waals surface area contributed by atoms with Crippen molar-refractivity contribution < 1.29 is 22.7 Å². The largest absolute Gasteiger partial charge is 0.493 e. The minimum Gasteiger partial charge on any atom is -0.493 e. The third-order valence-corrected chi connectivity index (χ3v) is 7.25. The molecule has 1 aromatic heterocycles. The van der Waals surface area contributed by atoms with E-state index in [-0.39, 0.29) is 29.4 Å². The molecule has 0 saturated heterocycles. The first-order valence-electron chi connectivity index (χ1n) is 9.28. The second kappa shape index (κ2) is 10.1. The number of aromatic nitrogens is 1. The van der Waals surface area contributed by atoms with Crippen LogP contribution in [0.15, 0.2) is 52.7 Å². The summed E-state index contributed by atoms with van der Waals surface area (Å²) in [5.74, 6) is 0.778. The fourth-order valence-corrected chi connectivity index (χ4v) is 5.00. The summed E-state index contributed by atoms with van der Waals surface area (Å²) in [6.45, 7) is 0. The lowest BCUT2D eigenvalue weighted by Gasteiger charge is -2.08. The maximum Gasteiger partial charge on any atom is 0.226 e. The summed E-state index contributed by atoms with van der Waals surface area (Å²) in [6.07, 6.45) is 0.267. The first kappa shape index (κ1) is 23.1. The highest BCUT2D eigenvalue weighted by Crippen LogP contribution is 2.33. The molecular formula is C21H21ClN2O5S2. The Morgan fingerprint density at radius 2 is 1.81 bits per heavy atom. The van der Waals surface area contributed by atoms with Gasteiger partial charge in [-0.05, 0) is 48.9 Å². The van der Waals surface area contributed by atoms with E-state index < -0.39 is 9.84 Å². The Labute approximate surface area is 189 Å². The molecule has 164 valence electrons. The number of anilines is 1. The van der Waals surface area contributed by atoms with Gasteiger partial charge in [-0.3, -0.25) is 4.79 Å². The SMILES string of the molecule is COc1ccc(-c2csc(NC(=O)CCCS(=O)(=O)c3ccc(Cl)cc3)n2)cc1OC. The number of thiazole rings is 1. The van der Waals surface area contributed by atoms with E-state index in [0.29, 0.717) is 27.3 Å². The lowest BCUT2D eigenvalue weighted by molar-refractivity contribution is -0.116. The van der Waals surface area contributed by atoms with Crippen LogP contribution in [0.1, 0.15) is 12.8 Å². The van der Waals surface area contributed by atoms with Crippen molar-refractivity contribution in [2.45, 2.75) is 17.7 Å². The fourth-order valence-electron chi connectivity index (χ4n) is 2.82. The monoisotopic (exact) mass is 480 g/mol. The Bertz CT molecular complexity index is 1160. The molecular weight excluding hydrogens is 460 g/mol. The molecule has 1 amide bonds. The molecule has 2 aromatic carbocycles. The number of amides is 1. The molecule has 0 fully saturated rings. The van der Waals surface area contributed by atoms with Gasteiger partial charge >= 0.3 is 0 Å². The maximum atomic E-state index is 12.3. The van der Waals surface area contributed by atoms with Crippen LogP contribution in [0.2, 0.25) is 5.02 Å². The molecule has 3 aromatic rings. The van der Waals surface area contributed by atoms with Crippen molar-refractivity contribution in [2.75, 3.05) is 25.3 Å². The van der Waals surface area contributed by atoms with Crippen molar-refractivity contribution >= 4 is 43.8 Å². The van der Waals surface area contributed by atoms with Crippen LogP contribution in [0.5, 0.6) is 11.5 Å². The summed E-state index contributed by atoms with van der Waals surface area (Å²) in [4.78, 5) is 16.8. The molecule has 0 saturated carbocycles. The second-order valence-corrected chi connectivity index (χ2v) is 9.94. The average Bonchev–Trinajstić information content (AvgIpc) is 3.21. The van der Waals surface area contributed by atoms with E-state index in [2.05, 4.69) is 10.3 Å². The zero-order valence-corrected chi connectivity index (χ0v) is 19.3. The van der Waals surface area contributed by atoms with E-state index in [1.54, 1.807) is 26.4 Å². The molecule has 10 heteroatoms. The zero-order chi connectivity index (χ0) is 22.4. The van der Waals surface area contributed by atoms with Gasteiger partial charge in [-0.15, -0.1) is 11.3 Å². The van der Waals surface area contributed by atoms with E-state index in [0.717, 1.165) is 5.56 Å². The summed E-state index contributed by atoms with van der Waals surface area (Å²) in [6, 6.07) is 11.4. The van der Waals surface area contributed by atoms with Gasteiger partial charge in [-0.1, -0.05) is 11.6 Å². The fraction of sp³-hybridized carbons (Fsp3) is 0.238. The number of hydrogen-bond acceptors (Lipinski definition) is 7. The van der Waals surface area contributed by atoms with Gasteiger partial charge < -0.3 is 14.8 Å². The van der Waals surface area contributed by atoms with Crippen LogP contribution in [-0.2, 0) is 14.6 Å². The predicted octanol–water partition coefficient (Wildman–Crippen LogP) is 4.67.